The highest BCUT2D eigenvalue weighted by molar-refractivity contribution is 7.12. The average Bonchev–Trinajstić information content (AvgIpc) is 2.79. The normalized spacial score (nSPS) is 10.7. The van der Waals surface area contributed by atoms with Crippen LogP contribution >= 0.6 is 11.3 Å². The summed E-state index contributed by atoms with van der Waals surface area (Å²) >= 11 is 1.48. The van der Waals surface area contributed by atoms with Crippen LogP contribution in [0.3, 0.4) is 0 Å². The van der Waals surface area contributed by atoms with E-state index < -0.39 is 5.97 Å². The van der Waals surface area contributed by atoms with E-state index in [0.29, 0.717) is 13.0 Å². The van der Waals surface area contributed by atoms with Crippen molar-refractivity contribution in [2.45, 2.75) is 32.7 Å². The van der Waals surface area contributed by atoms with Crippen LogP contribution in [0.4, 0.5) is 0 Å². The van der Waals surface area contributed by atoms with Crippen LogP contribution in [0.15, 0.2) is 18.2 Å². The number of carbonyl (C=O) groups is 2. The highest BCUT2D eigenvalue weighted by Gasteiger charge is 2.02. The molecule has 1 aromatic rings. The quantitative estimate of drug-likeness (QED) is 0.746. The lowest BCUT2D eigenvalue weighted by molar-refractivity contribution is -0.131. The topological polar surface area (TPSA) is 66.4 Å². The van der Waals surface area contributed by atoms with Crippen molar-refractivity contribution in [1.29, 1.82) is 0 Å². The summed E-state index contributed by atoms with van der Waals surface area (Å²) in [7, 11) is 0. The van der Waals surface area contributed by atoms with E-state index in [9.17, 15) is 9.59 Å². The van der Waals surface area contributed by atoms with E-state index in [1.165, 1.54) is 11.3 Å². The Morgan fingerprint density at radius 1 is 1.44 bits per heavy atom. The number of nitrogens with one attached hydrogen (secondary N) is 1. The lowest BCUT2D eigenvalue weighted by Crippen LogP contribution is -2.21. The molecule has 0 fully saturated rings. The summed E-state index contributed by atoms with van der Waals surface area (Å²) in [6.45, 7) is 2.56. The molecule has 0 aliphatic rings. The molecule has 0 aliphatic carbocycles. The number of amides is 1. The largest absolute Gasteiger partial charge is 0.478 e. The van der Waals surface area contributed by atoms with Gasteiger partial charge >= 0.3 is 5.97 Å². The maximum absolute atomic E-state index is 11.4. The number of unbranched alkanes of at least 4 members (excludes halogenated alkanes) is 1. The van der Waals surface area contributed by atoms with E-state index in [4.69, 9.17) is 5.11 Å². The molecule has 0 aromatic carbocycles. The molecular formula is C13H17NO3S. The van der Waals surface area contributed by atoms with Gasteiger partial charge in [0.15, 0.2) is 0 Å². The van der Waals surface area contributed by atoms with Crippen LogP contribution in [0.5, 0.6) is 0 Å². The van der Waals surface area contributed by atoms with Gasteiger partial charge in [0, 0.05) is 22.3 Å². The smallest absolute Gasteiger partial charge is 0.328 e. The van der Waals surface area contributed by atoms with Crippen molar-refractivity contribution in [1.82, 2.24) is 5.32 Å². The molecule has 0 saturated carbocycles. The second kappa shape index (κ2) is 7.66. The second-order valence-electron chi connectivity index (χ2n) is 3.86. The fourth-order valence-electron chi connectivity index (χ4n) is 1.34. The van der Waals surface area contributed by atoms with Gasteiger partial charge in [0.05, 0.1) is 6.54 Å². The van der Waals surface area contributed by atoms with Crippen molar-refractivity contribution >= 4 is 29.3 Å². The highest BCUT2D eigenvalue weighted by Crippen LogP contribution is 2.17. The Morgan fingerprint density at radius 2 is 2.22 bits per heavy atom. The molecule has 2 N–H and O–H groups in total. The number of rotatable bonds is 7. The first-order valence-corrected chi connectivity index (χ1v) is 6.70. The molecule has 0 bridgehead atoms. The SMILES string of the molecule is CCCCC(=O)NCc1ccc(C=CC(=O)O)s1. The van der Waals surface area contributed by atoms with Crippen LogP contribution < -0.4 is 5.32 Å². The summed E-state index contributed by atoms with van der Waals surface area (Å²) in [5, 5.41) is 11.3. The molecule has 1 rings (SSSR count). The minimum absolute atomic E-state index is 0.0629. The Labute approximate surface area is 110 Å². The summed E-state index contributed by atoms with van der Waals surface area (Å²) in [6.07, 6.45) is 5.14. The first kappa shape index (κ1) is 14.4. The summed E-state index contributed by atoms with van der Waals surface area (Å²) in [4.78, 5) is 23.6. The molecule has 1 aromatic heterocycles. The van der Waals surface area contributed by atoms with Crippen LogP contribution in [0.2, 0.25) is 0 Å². The molecule has 0 radical (unpaired) electrons. The summed E-state index contributed by atoms with van der Waals surface area (Å²) in [6, 6.07) is 3.74. The van der Waals surface area contributed by atoms with Gasteiger partial charge in [0.2, 0.25) is 5.91 Å². The monoisotopic (exact) mass is 267 g/mol. The van der Waals surface area contributed by atoms with E-state index >= 15 is 0 Å². The van der Waals surface area contributed by atoms with E-state index in [1.807, 2.05) is 19.1 Å². The molecule has 5 heteroatoms. The highest BCUT2D eigenvalue weighted by atomic mass is 32.1. The number of hydrogen-bond donors (Lipinski definition) is 2. The van der Waals surface area contributed by atoms with Gasteiger partial charge in [0.25, 0.3) is 0 Å². The van der Waals surface area contributed by atoms with Gasteiger partial charge in [-0.25, -0.2) is 4.79 Å². The Balaban J connectivity index is 2.39. The van der Waals surface area contributed by atoms with Crippen LogP contribution in [0.1, 0.15) is 35.9 Å². The molecule has 0 spiro atoms. The summed E-state index contributed by atoms with van der Waals surface area (Å²) in [5.74, 6) is -0.898. The fraction of sp³-hybridized carbons (Fsp3) is 0.385. The number of carboxylic acid groups (broad SMARTS) is 1. The molecule has 0 aliphatic heterocycles. The number of carbonyl (C=O) groups excluding carboxylic acids is 1. The Kier molecular flexibility index (Phi) is 6.14. The third-order valence-corrected chi connectivity index (χ3v) is 3.34. The van der Waals surface area contributed by atoms with Crippen molar-refractivity contribution in [3.8, 4) is 0 Å². The average molecular weight is 267 g/mol. The first-order valence-electron chi connectivity index (χ1n) is 5.88. The molecule has 1 heterocycles. The van der Waals surface area contributed by atoms with Crippen LogP contribution in [0, 0.1) is 0 Å². The van der Waals surface area contributed by atoms with Crippen molar-refractivity contribution in [2.75, 3.05) is 0 Å². The molecule has 0 saturated heterocycles. The lowest BCUT2D eigenvalue weighted by atomic mass is 10.2. The standard InChI is InChI=1S/C13H17NO3S/c1-2-3-4-12(15)14-9-11-6-5-10(18-11)7-8-13(16)17/h5-8H,2-4,9H2,1H3,(H,14,15)(H,16,17). The maximum atomic E-state index is 11.4. The first-order chi connectivity index (χ1) is 8.61. The lowest BCUT2D eigenvalue weighted by Gasteiger charge is -2.01. The number of hydrogen-bond acceptors (Lipinski definition) is 3. The summed E-state index contributed by atoms with van der Waals surface area (Å²) < 4.78 is 0. The van der Waals surface area contributed by atoms with Gasteiger partial charge < -0.3 is 10.4 Å². The van der Waals surface area contributed by atoms with Gasteiger partial charge in [-0.1, -0.05) is 13.3 Å². The molecule has 4 nitrogen and oxygen atoms in total. The maximum Gasteiger partial charge on any atom is 0.328 e. The minimum atomic E-state index is -0.960. The third-order valence-electron chi connectivity index (χ3n) is 2.29. The number of thiophene rings is 1. The van der Waals surface area contributed by atoms with E-state index in [-0.39, 0.29) is 5.91 Å². The van der Waals surface area contributed by atoms with Crippen molar-refractivity contribution in [3.63, 3.8) is 0 Å². The minimum Gasteiger partial charge on any atom is -0.478 e. The number of aliphatic carboxylic acids is 1. The summed E-state index contributed by atoms with van der Waals surface area (Å²) in [5.41, 5.74) is 0. The van der Waals surface area contributed by atoms with E-state index in [1.54, 1.807) is 6.08 Å². The van der Waals surface area contributed by atoms with Crippen molar-refractivity contribution in [2.24, 2.45) is 0 Å². The van der Waals surface area contributed by atoms with E-state index in [2.05, 4.69) is 5.32 Å². The van der Waals surface area contributed by atoms with Gasteiger partial charge in [-0.15, -0.1) is 11.3 Å². The van der Waals surface area contributed by atoms with Crippen molar-refractivity contribution in [3.05, 3.63) is 28.0 Å². The van der Waals surface area contributed by atoms with E-state index in [0.717, 1.165) is 28.7 Å². The second-order valence-corrected chi connectivity index (χ2v) is 5.06. The zero-order valence-corrected chi connectivity index (χ0v) is 11.1. The zero-order chi connectivity index (χ0) is 13.4. The van der Waals surface area contributed by atoms with Crippen LogP contribution in [-0.2, 0) is 16.1 Å². The Hall–Kier alpha value is -1.62. The third kappa shape index (κ3) is 5.63. The van der Waals surface area contributed by atoms with Gasteiger partial charge in [-0.05, 0) is 24.6 Å². The molecule has 0 atom stereocenters. The molecule has 0 unspecified atom stereocenters. The Bertz CT molecular complexity index is 437. The molecular weight excluding hydrogens is 250 g/mol. The van der Waals surface area contributed by atoms with Crippen LogP contribution in [0.25, 0.3) is 6.08 Å². The predicted molar refractivity (Wildman–Crippen MR) is 72.4 cm³/mol. The molecule has 1 amide bonds. The zero-order valence-electron chi connectivity index (χ0n) is 10.3. The van der Waals surface area contributed by atoms with Crippen molar-refractivity contribution < 1.29 is 14.7 Å². The fourth-order valence-corrected chi connectivity index (χ4v) is 2.20. The number of carboxylic acids is 1. The van der Waals surface area contributed by atoms with Gasteiger partial charge in [0.1, 0.15) is 0 Å². The van der Waals surface area contributed by atoms with Crippen LogP contribution in [-0.4, -0.2) is 17.0 Å². The Morgan fingerprint density at radius 3 is 2.89 bits per heavy atom. The predicted octanol–water partition coefficient (Wildman–Crippen LogP) is 2.65. The van der Waals surface area contributed by atoms with Gasteiger partial charge in [-0.2, -0.15) is 0 Å². The van der Waals surface area contributed by atoms with Gasteiger partial charge in [-0.3, -0.25) is 4.79 Å². The molecule has 18 heavy (non-hydrogen) atoms. The molecule has 98 valence electrons.